The van der Waals surface area contributed by atoms with Gasteiger partial charge in [0.05, 0.1) is 20.6 Å². The average molecular weight is 578 g/mol. The van der Waals surface area contributed by atoms with E-state index in [9.17, 15) is 14.7 Å². The molecule has 0 aromatic heterocycles. The van der Waals surface area contributed by atoms with E-state index in [0.717, 1.165) is 22.4 Å². The van der Waals surface area contributed by atoms with Gasteiger partial charge in [-0.1, -0.05) is 106 Å². The fourth-order valence-corrected chi connectivity index (χ4v) is 4.05. The summed E-state index contributed by atoms with van der Waals surface area (Å²) in [6.07, 6.45) is 1.34. The number of benzene rings is 3. The van der Waals surface area contributed by atoms with Crippen LogP contribution < -0.4 is 10.6 Å². The number of carbonyl (C=O) groups excluding carboxylic acids is 1. The number of rotatable bonds is 8. The molecule has 0 heterocycles. The van der Waals surface area contributed by atoms with Crippen LogP contribution in [-0.4, -0.2) is 23.0 Å². The summed E-state index contributed by atoms with van der Waals surface area (Å²) in [5.74, 6) is -1.77. The first-order chi connectivity index (χ1) is 18.1. The minimum Gasteiger partial charge on any atom is -0.480 e. The highest BCUT2D eigenvalue weighted by Gasteiger charge is 2.23. The zero-order valence-corrected chi connectivity index (χ0v) is 24.6. The zero-order valence-electron chi connectivity index (χ0n) is 22.4. The number of hydrogen-bond donors (Lipinski definition) is 3. The van der Waals surface area contributed by atoms with E-state index < -0.39 is 17.9 Å². The summed E-state index contributed by atoms with van der Waals surface area (Å²) in [5, 5.41) is 16.2. The van der Waals surface area contributed by atoms with Crippen molar-refractivity contribution in [3.8, 4) is 0 Å². The largest absolute Gasteiger partial charge is 0.480 e. The van der Waals surface area contributed by atoms with Crippen LogP contribution in [0.3, 0.4) is 0 Å². The van der Waals surface area contributed by atoms with Crippen LogP contribution in [0.15, 0.2) is 67.2 Å². The smallest absolute Gasteiger partial charge is 0.326 e. The number of anilines is 1. The molecule has 3 rings (SSSR count). The molecule has 0 saturated carbocycles. The van der Waals surface area contributed by atoms with Crippen LogP contribution in [-0.2, 0) is 11.2 Å². The summed E-state index contributed by atoms with van der Waals surface area (Å²) in [6.45, 7) is 14.3. The molecule has 3 N–H and O–H groups in total. The average Bonchev–Trinajstić information content (AvgIpc) is 2.88. The van der Waals surface area contributed by atoms with Crippen molar-refractivity contribution >= 4 is 58.1 Å². The van der Waals surface area contributed by atoms with Crippen LogP contribution in [0.5, 0.6) is 0 Å². The van der Waals surface area contributed by atoms with Crippen molar-refractivity contribution in [2.75, 3.05) is 5.32 Å². The Morgan fingerprint density at radius 1 is 0.921 bits per heavy atom. The molecular formula is C30H35Cl3N2O3. The lowest BCUT2D eigenvalue weighted by Gasteiger charge is -2.17. The summed E-state index contributed by atoms with van der Waals surface area (Å²) in [4.78, 5) is 24.3. The molecule has 0 radical (unpaired) electrons. The quantitative estimate of drug-likeness (QED) is 0.250. The van der Waals surface area contributed by atoms with Crippen molar-refractivity contribution in [1.82, 2.24) is 5.32 Å². The number of hydrogen-bond acceptors (Lipinski definition) is 3. The Morgan fingerprint density at radius 3 is 2.03 bits per heavy atom. The molecule has 0 spiro atoms. The van der Waals surface area contributed by atoms with Crippen LogP contribution in [0.25, 0.3) is 5.70 Å². The van der Waals surface area contributed by atoms with Crippen LogP contribution >= 0.6 is 34.8 Å². The third-order valence-electron chi connectivity index (χ3n) is 5.01. The fourth-order valence-electron chi connectivity index (χ4n) is 3.33. The lowest BCUT2D eigenvalue weighted by Crippen LogP contribution is -2.42. The molecule has 0 fully saturated rings. The second kappa shape index (κ2) is 16.8. The molecule has 1 unspecified atom stereocenters. The van der Waals surface area contributed by atoms with Crippen LogP contribution in [0.4, 0.5) is 5.69 Å². The van der Waals surface area contributed by atoms with Crippen LogP contribution in [0, 0.1) is 6.92 Å². The fraction of sp³-hybridized carbons (Fsp3) is 0.267. The van der Waals surface area contributed by atoms with E-state index in [-0.39, 0.29) is 22.0 Å². The predicted octanol–water partition coefficient (Wildman–Crippen LogP) is 8.91. The maximum Gasteiger partial charge on any atom is 0.326 e. The lowest BCUT2D eigenvalue weighted by molar-refractivity contribution is -0.139. The summed E-state index contributed by atoms with van der Waals surface area (Å²) >= 11 is 18.3. The number of carbonyl (C=O) groups is 2. The minimum absolute atomic E-state index is 0.0743. The van der Waals surface area contributed by atoms with Crippen LogP contribution in [0.2, 0.25) is 15.1 Å². The van der Waals surface area contributed by atoms with Gasteiger partial charge in [0.15, 0.2) is 0 Å². The molecule has 0 aliphatic carbocycles. The SMILES string of the molecule is C=C(Nc1ccc(CC(NC(=O)c2cccc(Cl)c2Cl)C(=O)O)cc1)c1c(C)cccc1Cl.CC.CCC. The number of aryl methyl sites for hydroxylation is 1. The normalized spacial score (nSPS) is 10.6. The molecule has 5 nitrogen and oxygen atoms in total. The Bertz CT molecular complexity index is 1210. The van der Waals surface area contributed by atoms with Crippen molar-refractivity contribution in [2.45, 2.75) is 53.5 Å². The number of amides is 1. The van der Waals surface area contributed by atoms with Crippen molar-refractivity contribution in [3.63, 3.8) is 0 Å². The highest BCUT2D eigenvalue weighted by molar-refractivity contribution is 6.43. The molecule has 0 saturated heterocycles. The summed E-state index contributed by atoms with van der Waals surface area (Å²) in [5.41, 5.74) is 4.09. The number of carboxylic acid groups (broad SMARTS) is 1. The third-order valence-corrected chi connectivity index (χ3v) is 6.15. The van der Waals surface area contributed by atoms with Gasteiger partial charge < -0.3 is 15.7 Å². The van der Waals surface area contributed by atoms with Crippen molar-refractivity contribution in [2.24, 2.45) is 0 Å². The molecule has 8 heteroatoms. The molecule has 38 heavy (non-hydrogen) atoms. The highest BCUT2D eigenvalue weighted by atomic mass is 35.5. The van der Waals surface area contributed by atoms with Gasteiger partial charge in [-0.2, -0.15) is 0 Å². The molecule has 1 atom stereocenters. The first-order valence-corrected chi connectivity index (χ1v) is 13.5. The second-order valence-electron chi connectivity index (χ2n) is 8.11. The van der Waals surface area contributed by atoms with Gasteiger partial charge in [0.2, 0.25) is 0 Å². The Kier molecular flexibility index (Phi) is 14.6. The van der Waals surface area contributed by atoms with Crippen molar-refractivity contribution in [1.29, 1.82) is 0 Å². The Balaban J connectivity index is 0.00000135. The summed E-state index contributed by atoms with van der Waals surface area (Å²) in [6, 6.07) is 16.3. The second-order valence-corrected chi connectivity index (χ2v) is 9.30. The minimum atomic E-state index is -1.16. The number of halogens is 3. The predicted molar refractivity (Wildman–Crippen MR) is 162 cm³/mol. The lowest BCUT2D eigenvalue weighted by atomic mass is 10.0. The van der Waals surface area contributed by atoms with Gasteiger partial charge >= 0.3 is 5.97 Å². The maximum absolute atomic E-state index is 12.5. The molecule has 3 aromatic carbocycles. The number of nitrogens with one attached hydrogen (secondary N) is 2. The van der Waals surface area contributed by atoms with Gasteiger partial charge in [-0.3, -0.25) is 4.79 Å². The summed E-state index contributed by atoms with van der Waals surface area (Å²) < 4.78 is 0. The third kappa shape index (κ3) is 9.71. The zero-order chi connectivity index (χ0) is 28.8. The van der Waals surface area contributed by atoms with E-state index in [1.807, 2.05) is 32.9 Å². The van der Waals surface area contributed by atoms with E-state index in [1.54, 1.807) is 42.5 Å². The highest BCUT2D eigenvalue weighted by Crippen LogP contribution is 2.28. The van der Waals surface area contributed by atoms with Gasteiger partial charge in [0.25, 0.3) is 5.91 Å². The van der Waals surface area contributed by atoms with Crippen molar-refractivity contribution in [3.05, 3.63) is 105 Å². The molecule has 0 aliphatic heterocycles. The molecule has 204 valence electrons. The molecule has 3 aromatic rings. The van der Waals surface area contributed by atoms with E-state index in [1.165, 1.54) is 12.5 Å². The summed E-state index contributed by atoms with van der Waals surface area (Å²) in [7, 11) is 0. The first kappa shape index (κ1) is 33.0. The Hall–Kier alpha value is -2.99. The maximum atomic E-state index is 12.5. The first-order valence-electron chi connectivity index (χ1n) is 12.4. The van der Waals surface area contributed by atoms with Crippen molar-refractivity contribution < 1.29 is 14.7 Å². The van der Waals surface area contributed by atoms with Gasteiger partial charge in [0.1, 0.15) is 6.04 Å². The topological polar surface area (TPSA) is 78.4 Å². The van der Waals surface area contributed by atoms with Gasteiger partial charge in [-0.25, -0.2) is 4.79 Å². The molecule has 1 amide bonds. The monoisotopic (exact) mass is 576 g/mol. The van der Waals surface area contributed by atoms with Gasteiger partial charge in [0, 0.05) is 23.4 Å². The molecule has 0 bridgehead atoms. The Labute approximate surface area is 240 Å². The van der Waals surface area contributed by atoms with Gasteiger partial charge in [-0.05, 0) is 48.4 Å². The molecule has 0 aliphatic rings. The van der Waals surface area contributed by atoms with E-state index in [0.29, 0.717) is 10.7 Å². The van der Waals surface area contributed by atoms with Gasteiger partial charge in [-0.15, -0.1) is 0 Å². The van der Waals surface area contributed by atoms with Crippen LogP contribution in [0.1, 0.15) is 61.2 Å². The number of aliphatic carboxylic acids is 1. The standard InChI is InChI=1S/C25H21Cl3N2O3.C3H8.C2H6/c1-14-5-3-7-19(26)22(14)15(2)29-17-11-9-16(10-12-17)13-21(25(32)33)30-24(31)18-6-4-8-20(27)23(18)28;1-3-2;1-2/h3-12,21,29H,2,13H2,1H3,(H,30,31)(H,32,33);3H2,1-2H3;1-2H3. The van der Waals surface area contributed by atoms with E-state index in [2.05, 4.69) is 31.1 Å². The van der Waals surface area contributed by atoms with E-state index >= 15 is 0 Å². The van der Waals surface area contributed by atoms with E-state index in [4.69, 9.17) is 34.8 Å². The number of carboxylic acids is 1. The molecular weight excluding hydrogens is 543 g/mol. The Morgan fingerprint density at radius 2 is 1.47 bits per heavy atom.